The maximum absolute atomic E-state index is 14.6. The number of hydrogen-bond acceptors (Lipinski definition) is 12. The summed E-state index contributed by atoms with van der Waals surface area (Å²) in [6.45, 7) is 0.785. The molecule has 0 saturated carbocycles. The topological polar surface area (TPSA) is 243 Å². The lowest BCUT2D eigenvalue weighted by Gasteiger charge is -2.34. The van der Waals surface area contributed by atoms with Crippen LogP contribution in [0, 0.1) is 0 Å². The van der Waals surface area contributed by atoms with Gasteiger partial charge in [0.1, 0.15) is 24.4 Å². The molecule has 6 rings (SSSR count). The van der Waals surface area contributed by atoms with Crippen molar-refractivity contribution in [1.29, 1.82) is 0 Å². The SMILES string of the molecule is COc1ccc2nc3cc(Cl)ccc3c(C(C)(N)CCC(CCO)NN(CC(=O)O)C(=O)C(CSc3c4ccccc4nc4ccccc34)NC(=O)CCC(N)C(=O)O)c2c1. The third-order valence-electron chi connectivity index (χ3n) is 10.5. The highest BCUT2D eigenvalue weighted by Crippen LogP contribution is 2.38. The van der Waals surface area contributed by atoms with E-state index in [0.717, 1.165) is 48.0 Å². The predicted octanol–water partition coefficient (Wildman–Crippen LogP) is 5.34. The molecule has 6 aromatic rings. The first-order chi connectivity index (χ1) is 29.2. The van der Waals surface area contributed by atoms with Gasteiger partial charge in [0.15, 0.2) is 0 Å². The fraction of sp³-hybridized carbons (Fsp3) is 0.318. The number of para-hydroxylation sites is 2. The summed E-state index contributed by atoms with van der Waals surface area (Å²) in [5.74, 6) is -3.44. The molecule has 15 nitrogen and oxygen atoms in total. The quantitative estimate of drug-likeness (QED) is 0.0291. The summed E-state index contributed by atoms with van der Waals surface area (Å²) >= 11 is 7.66. The van der Waals surface area contributed by atoms with E-state index < -0.39 is 54.0 Å². The minimum Gasteiger partial charge on any atom is -0.497 e. The molecule has 4 atom stereocenters. The van der Waals surface area contributed by atoms with E-state index in [0.29, 0.717) is 28.2 Å². The third kappa shape index (κ3) is 10.8. The van der Waals surface area contributed by atoms with Gasteiger partial charge < -0.3 is 36.8 Å². The number of hydrogen-bond donors (Lipinski definition) is 7. The molecule has 2 heterocycles. The fourth-order valence-electron chi connectivity index (χ4n) is 7.37. The highest BCUT2D eigenvalue weighted by atomic mass is 35.5. The van der Waals surface area contributed by atoms with Crippen LogP contribution in [-0.2, 0) is 24.7 Å². The van der Waals surface area contributed by atoms with E-state index in [1.54, 1.807) is 25.3 Å². The molecule has 0 saturated heterocycles. The van der Waals surface area contributed by atoms with Gasteiger partial charge in [0.05, 0.1) is 29.2 Å². The first-order valence-electron chi connectivity index (χ1n) is 19.6. The number of aliphatic hydroxyl groups is 1. The second-order valence-corrected chi connectivity index (χ2v) is 16.5. The first-order valence-corrected chi connectivity index (χ1v) is 21.0. The van der Waals surface area contributed by atoms with Crippen molar-refractivity contribution < 1.29 is 39.2 Å². The van der Waals surface area contributed by atoms with Crippen LogP contribution >= 0.6 is 23.4 Å². The summed E-state index contributed by atoms with van der Waals surface area (Å²) in [5, 5.41) is 36.9. The Morgan fingerprint density at radius 2 is 1.52 bits per heavy atom. The number of carbonyl (C=O) groups excluding carboxylic acids is 2. The smallest absolute Gasteiger partial charge is 0.324 e. The zero-order valence-electron chi connectivity index (χ0n) is 33.6. The molecule has 2 aromatic heterocycles. The van der Waals surface area contributed by atoms with E-state index in [9.17, 15) is 34.5 Å². The number of aromatic nitrogens is 2. The molecule has 320 valence electrons. The van der Waals surface area contributed by atoms with Crippen LogP contribution in [0.4, 0.5) is 0 Å². The fourth-order valence-corrected chi connectivity index (χ4v) is 8.75. The van der Waals surface area contributed by atoms with E-state index in [-0.39, 0.29) is 38.0 Å². The number of nitrogens with two attached hydrogens (primary N) is 2. The van der Waals surface area contributed by atoms with Gasteiger partial charge in [0.25, 0.3) is 5.91 Å². The Bertz CT molecular complexity index is 2540. The number of pyridine rings is 2. The zero-order valence-corrected chi connectivity index (χ0v) is 35.2. The molecular formula is C44H48ClN7O8S. The van der Waals surface area contributed by atoms with Crippen molar-refractivity contribution in [2.45, 2.75) is 67.6 Å². The number of carbonyl (C=O) groups is 4. The lowest BCUT2D eigenvalue weighted by Crippen LogP contribution is -2.58. The van der Waals surface area contributed by atoms with Crippen LogP contribution in [0.2, 0.25) is 5.02 Å². The van der Waals surface area contributed by atoms with Gasteiger partial charge in [-0.15, -0.1) is 11.8 Å². The summed E-state index contributed by atoms with van der Waals surface area (Å²) in [4.78, 5) is 62.0. The lowest BCUT2D eigenvalue weighted by atomic mass is 9.82. The maximum atomic E-state index is 14.6. The number of aliphatic carboxylic acids is 2. The minimum atomic E-state index is -1.33. The van der Waals surface area contributed by atoms with Crippen LogP contribution in [0.25, 0.3) is 43.6 Å². The minimum absolute atomic E-state index is 0.0352. The molecular weight excluding hydrogens is 822 g/mol. The van der Waals surface area contributed by atoms with Crippen LogP contribution in [-0.4, -0.2) is 98.2 Å². The molecule has 4 unspecified atom stereocenters. The third-order valence-corrected chi connectivity index (χ3v) is 11.9. The average Bonchev–Trinajstić information content (AvgIpc) is 3.23. The molecule has 2 amide bonds. The summed E-state index contributed by atoms with van der Waals surface area (Å²) < 4.78 is 5.53. The van der Waals surface area contributed by atoms with Crippen LogP contribution in [0.1, 0.15) is 44.6 Å². The first kappa shape index (κ1) is 44.9. The van der Waals surface area contributed by atoms with Gasteiger partial charge in [-0.2, -0.15) is 0 Å². The zero-order chi connectivity index (χ0) is 43.8. The lowest BCUT2D eigenvalue weighted by molar-refractivity contribution is -0.149. The number of ether oxygens (including phenoxy) is 1. The molecule has 0 aliphatic rings. The number of carboxylic acid groups (broad SMARTS) is 2. The largest absolute Gasteiger partial charge is 0.497 e. The van der Waals surface area contributed by atoms with Crippen molar-refractivity contribution in [3.05, 3.63) is 95.5 Å². The predicted molar refractivity (Wildman–Crippen MR) is 236 cm³/mol. The van der Waals surface area contributed by atoms with Gasteiger partial charge in [-0.05, 0) is 80.6 Å². The summed E-state index contributed by atoms with van der Waals surface area (Å²) in [6.07, 6.45) is 0.205. The number of hydrazine groups is 1. The summed E-state index contributed by atoms with van der Waals surface area (Å²) in [5.41, 5.74) is 18.4. The van der Waals surface area contributed by atoms with Gasteiger partial charge in [-0.1, -0.05) is 54.1 Å². The van der Waals surface area contributed by atoms with Crippen LogP contribution in [0.15, 0.2) is 89.8 Å². The number of carboxylic acids is 2. The Hall–Kier alpha value is -5.62. The molecule has 0 aliphatic heterocycles. The Morgan fingerprint density at radius 3 is 2.16 bits per heavy atom. The number of nitrogens with one attached hydrogen (secondary N) is 2. The number of benzene rings is 4. The number of halogens is 1. The van der Waals surface area contributed by atoms with Gasteiger partial charge in [0, 0.05) is 61.8 Å². The molecule has 0 spiro atoms. The van der Waals surface area contributed by atoms with Crippen LogP contribution in [0.5, 0.6) is 5.75 Å². The highest BCUT2D eigenvalue weighted by molar-refractivity contribution is 7.99. The number of fused-ring (bicyclic) bond motifs is 4. The maximum Gasteiger partial charge on any atom is 0.324 e. The molecule has 17 heteroatoms. The number of methoxy groups -OCH3 is 1. The second-order valence-electron chi connectivity index (χ2n) is 15.0. The molecule has 61 heavy (non-hydrogen) atoms. The Kier molecular flexibility index (Phi) is 14.6. The molecule has 0 aliphatic carbocycles. The standard InChI is InChI=1S/C44H48ClN7O8S/c1-44(47,40-28-13-11-25(45)21-36(28)49-35-15-12-27(60-2)22-31(35)40)19-17-26(18-20-53)51-52(23-39(55)56)42(57)37(50-38(54)16-14-32(46)43(58)59)24-61-41-29-7-3-5-9-33(29)48-34-10-6-4-8-30(34)41/h3-13,15,21-22,26,32,37,51,53H,14,16-20,23-24,46-47H2,1-2H3,(H,50,54)(H,55,56)(H,58,59). The second kappa shape index (κ2) is 19.8. The highest BCUT2D eigenvalue weighted by Gasteiger charge is 2.32. The molecule has 0 radical (unpaired) electrons. The normalized spacial score (nSPS) is 14.1. The number of thioether (sulfide) groups is 1. The van der Waals surface area contributed by atoms with E-state index >= 15 is 0 Å². The Labute approximate surface area is 360 Å². The van der Waals surface area contributed by atoms with E-state index in [4.69, 9.17) is 37.8 Å². The van der Waals surface area contributed by atoms with Gasteiger partial charge in [-0.25, -0.2) is 15.4 Å². The number of aliphatic hydroxyl groups excluding tert-OH is 1. The molecule has 9 N–H and O–H groups in total. The van der Waals surface area contributed by atoms with Crippen molar-refractivity contribution in [1.82, 2.24) is 25.7 Å². The van der Waals surface area contributed by atoms with Crippen molar-refractivity contribution in [3.63, 3.8) is 0 Å². The van der Waals surface area contributed by atoms with E-state index in [1.165, 1.54) is 11.8 Å². The number of nitrogens with zero attached hydrogens (tertiary/aromatic N) is 3. The van der Waals surface area contributed by atoms with Crippen molar-refractivity contribution in [2.24, 2.45) is 11.5 Å². The summed E-state index contributed by atoms with van der Waals surface area (Å²) in [6, 6.07) is 22.7. The number of amides is 2. The van der Waals surface area contributed by atoms with Gasteiger partial charge in [-0.3, -0.25) is 24.2 Å². The summed E-state index contributed by atoms with van der Waals surface area (Å²) in [7, 11) is 1.57. The van der Waals surface area contributed by atoms with Crippen molar-refractivity contribution >= 4 is 90.7 Å². The molecule has 4 aromatic carbocycles. The average molecular weight is 870 g/mol. The Balaban J connectivity index is 1.30. The van der Waals surface area contributed by atoms with Crippen LogP contribution in [0.3, 0.4) is 0 Å². The van der Waals surface area contributed by atoms with Crippen LogP contribution < -0.4 is 26.9 Å². The van der Waals surface area contributed by atoms with Gasteiger partial charge in [0.2, 0.25) is 5.91 Å². The van der Waals surface area contributed by atoms with E-state index in [1.807, 2.05) is 73.7 Å². The number of rotatable bonds is 20. The molecule has 0 fully saturated rings. The molecule has 0 bridgehead atoms. The van der Waals surface area contributed by atoms with Crippen molar-refractivity contribution in [3.8, 4) is 5.75 Å². The Morgan fingerprint density at radius 1 is 0.869 bits per heavy atom. The van der Waals surface area contributed by atoms with Gasteiger partial charge >= 0.3 is 11.9 Å². The van der Waals surface area contributed by atoms with Crippen molar-refractivity contribution in [2.75, 3.05) is 26.0 Å². The monoisotopic (exact) mass is 869 g/mol. The van der Waals surface area contributed by atoms with E-state index in [2.05, 4.69) is 10.7 Å².